The highest BCUT2D eigenvalue weighted by Crippen LogP contribution is 2.22. The number of pyridine rings is 1. The molecule has 0 unspecified atom stereocenters. The van der Waals surface area contributed by atoms with E-state index in [1.807, 2.05) is 30.8 Å². The quantitative estimate of drug-likeness (QED) is 0.693. The maximum absolute atomic E-state index is 6.02. The number of hydrogen-bond donors (Lipinski definition) is 0. The van der Waals surface area contributed by atoms with E-state index in [0.717, 1.165) is 28.4 Å². The average Bonchev–Trinajstić information content (AvgIpc) is 2.85. The predicted molar refractivity (Wildman–Crippen MR) is 82.7 cm³/mol. The zero-order chi connectivity index (χ0) is 14.1. The van der Waals surface area contributed by atoms with E-state index in [-0.39, 0.29) is 0 Å². The Morgan fingerprint density at radius 1 is 1.15 bits per heavy atom. The number of rotatable bonds is 3. The molecule has 0 amide bonds. The van der Waals surface area contributed by atoms with Gasteiger partial charge < -0.3 is 4.90 Å². The lowest BCUT2D eigenvalue weighted by Gasteiger charge is -2.13. The van der Waals surface area contributed by atoms with Crippen LogP contribution in [0.1, 0.15) is 5.82 Å². The summed E-state index contributed by atoms with van der Waals surface area (Å²) >= 11 is 6.02. The number of anilines is 1. The first-order chi connectivity index (χ1) is 9.70. The van der Waals surface area contributed by atoms with Crippen molar-refractivity contribution in [2.75, 3.05) is 19.0 Å². The number of imidazole rings is 1. The Bertz CT molecular complexity index is 731. The zero-order valence-corrected chi connectivity index (χ0v) is 12.2. The molecule has 5 heteroatoms. The average molecular weight is 287 g/mol. The summed E-state index contributed by atoms with van der Waals surface area (Å²) in [6.45, 7) is 0. The number of fused-ring (bicyclic) bond motifs is 1. The van der Waals surface area contributed by atoms with Gasteiger partial charge in [0.15, 0.2) is 5.65 Å². The van der Waals surface area contributed by atoms with Gasteiger partial charge in [0.1, 0.15) is 11.3 Å². The SMILES string of the molecule is CN(C)c1ccc(-n2c(CCl)nc3cccnc32)cc1. The van der Waals surface area contributed by atoms with Crippen molar-refractivity contribution in [3.05, 3.63) is 48.4 Å². The second-order valence-electron chi connectivity index (χ2n) is 4.75. The number of alkyl halides is 1. The zero-order valence-electron chi connectivity index (χ0n) is 11.4. The molecule has 0 aliphatic carbocycles. The Morgan fingerprint density at radius 3 is 2.55 bits per heavy atom. The number of benzene rings is 1. The standard InChI is InChI=1S/C15H15ClN4/c1-19(2)11-5-7-12(8-6-11)20-14(10-16)18-13-4-3-9-17-15(13)20/h3-9H,10H2,1-2H3. The summed E-state index contributed by atoms with van der Waals surface area (Å²) in [5, 5.41) is 0. The summed E-state index contributed by atoms with van der Waals surface area (Å²) in [4.78, 5) is 11.0. The number of halogens is 1. The fourth-order valence-electron chi connectivity index (χ4n) is 2.22. The molecule has 2 aromatic heterocycles. The lowest BCUT2D eigenvalue weighted by Crippen LogP contribution is -2.08. The second kappa shape index (κ2) is 5.13. The maximum Gasteiger partial charge on any atom is 0.164 e. The summed E-state index contributed by atoms with van der Waals surface area (Å²) in [5.74, 6) is 1.16. The van der Waals surface area contributed by atoms with Crippen LogP contribution in [-0.2, 0) is 5.88 Å². The molecule has 0 fully saturated rings. The summed E-state index contributed by atoms with van der Waals surface area (Å²) in [7, 11) is 4.04. The van der Waals surface area contributed by atoms with E-state index in [4.69, 9.17) is 11.6 Å². The third kappa shape index (κ3) is 2.12. The highest BCUT2D eigenvalue weighted by Gasteiger charge is 2.12. The molecular formula is C15H15ClN4. The minimum absolute atomic E-state index is 0.353. The Hall–Kier alpha value is -2.07. The number of nitrogens with zero attached hydrogens (tertiary/aromatic N) is 4. The van der Waals surface area contributed by atoms with Crippen LogP contribution in [0.4, 0.5) is 5.69 Å². The highest BCUT2D eigenvalue weighted by atomic mass is 35.5. The minimum atomic E-state index is 0.353. The van der Waals surface area contributed by atoms with Crippen molar-refractivity contribution in [3.8, 4) is 5.69 Å². The second-order valence-corrected chi connectivity index (χ2v) is 5.02. The lowest BCUT2D eigenvalue weighted by molar-refractivity contribution is 0.968. The Morgan fingerprint density at radius 2 is 1.90 bits per heavy atom. The normalized spacial score (nSPS) is 10.9. The minimum Gasteiger partial charge on any atom is -0.378 e. The van der Waals surface area contributed by atoms with E-state index in [9.17, 15) is 0 Å². The van der Waals surface area contributed by atoms with Crippen molar-refractivity contribution in [3.63, 3.8) is 0 Å². The molecule has 0 saturated carbocycles. The highest BCUT2D eigenvalue weighted by molar-refractivity contribution is 6.16. The van der Waals surface area contributed by atoms with Gasteiger partial charge in [0, 0.05) is 31.7 Å². The predicted octanol–water partition coefficient (Wildman–Crippen LogP) is 3.23. The van der Waals surface area contributed by atoms with Crippen LogP contribution in [0.15, 0.2) is 42.6 Å². The van der Waals surface area contributed by atoms with Crippen LogP contribution < -0.4 is 4.90 Å². The van der Waals surface area contributed by atoms with Gasteiger partial charge in [0.05, 0.1) is 5.88 Å². The maximum atomic E-state index is 6.02. The molecule has 3 aromatic rings. The molecule has 0 atom stereocenters. The van der Waals surface area contributed by atoms with Crippen LogP contribution in [0.5, 0.6) is 0 Å². The molecule has 0 radical (unpaired) electrons. The molecule has 0 aliphatic heterocycles. The van der Waals surface area contributed by atoms with Crippen molar-refractivity contribution in [2.24, 2.45) is 0 Å². The summed E-state index contributed by atoms with van der Waals surface area (Å²) < 4.78 is 2.00. The molecule has 0 spiro atoms. The Labute approximate surface area is 122 Å². The molecular weight excluding hydrogens is 272 g/mol. The summed E-state index contributed by atoms with van der Waals surface area (Å²) in [6, 6.07) is 12.1. The molecule has 2 heterocycles. The fourth-order valence-corrected chi connectivity index (χ4v) is 2.40. The molecule has 3 rings (SSSR count). The molecule has 0 saturated heterocycles. The molecule has 20 heavy (non-hydrogen) atoms. The molecule has 4 nitrogen and oxygen atoms in total. The Balaban J connectivity index is 2.17. The third-order valence-corrected chi connectivity index (χ3v) is 3.47. The first-order valence-electron chi connectivity index (χ1n) is 6.37. The fraction of sp³-hybridized carbons (Fsp3) is 0.200. The van der Waals surface area contributed by atoms with Gasteiger partial charge in [-0.3, -0.25) is 4.57 Å². The van der Waals surface area contributed by atoms with E-state index in [1.165, 1.54) is 0 Å². The van der Waals surface area contributed by atoms with Crippen molar-refractivity contribution < 1.29 is 0 Å². The monoisotopic (exact) mass is 286 g/mol. The molecule has 0 N–H and O–H groups in total. The molecule has 102 valence electrons. The number of hydrogen-bond acceptors (Lipinski definition) is 3. The van der Waals surface area contributed by atoms with E-state index in [2.05, 4.69) is 39.1 Å². The smallest absolute Gasteiger partial charge is 0.164 e. The van der Waals surface area contributed by atoms with Gasteiger partial charge in [-0.05, 0) is 36.4 Å². The van der Waals surface area contributed by atoms with Crippen LogP contribution >= 0.6 is 11.6 Å². The van der Waals surface area contributed by atoms with Gasteiger partial charge in [0.2, 0.25) is 0 Å². The first kappa shape index (κ1) is 12.9. The van der Waals surface area contributed by atoms with E-state index < -0.39 is 0 Å². The van der Waals surface area contributed by atoms with Crippen molar-refractivity contribution >= 4 is 28.5 Å². The van der Waals surface area contributed by atoms with Gasteiger partial charge in [-0.25, -0.2) is 9.97 Å². The van der Waals surface area contributed by atoms with E-state index in [1.54, 1.807) is 6.20 Å². The van der Waals surface area contributed by atoms with Gasteiger partial charge in [-0.1, -0.05) is 0 Å². The van der Waals surface area contributed by atoms with Crippen molar-refractivity contribution in [1.29, 1.82) is 0 Å². The lowest BCUT2D eigenvalue weighted by atomic mass is 10.2. The topological polar surface area (TPSA) is 34.0 Å². The molecule has 0 bridgehead atoms. The van der Waals surface area contributed by atoms with Crippen LogP contribution in [0.25, 0.3) is 16.9 Å². The summed E-state index contributed by atoms with van der Waals surface area (Å²) in [6.07, 6.45) is 1.77. The van der Waals surface area contributed by atoms with Crippen molar-refractivity contribution in [2.45, 2.75) is 5.88 Å². The van der Waals surface area contributed by atoms with Crippen molar-refractivity contribution in [1.82, 2.24) is 14.5 Å². The van der Waals surface area contributed by atoms with Crippen LogP contribution in [0, 0.1) is 0 Å². The molecule has 0 aliphatic rings. The van der Waals surface area contributed by atoms with E-state index >= 15 is 0 Å². The van der Waals surface area contributed by atoms with Gasteiger partial charge >= 0.3 is 0 Å². The summed E-state index contributed by atoms with van der Waals surface area (Å²) in [5.41, 5.74) is 3.87. The van der Waals surface area contributed by atoms with Crippen LogP contribution in [-0.4, -0.2) is 28.6 Å². The first-order valence-corrected chi connectivity index (χ1v) is 6.90. The van der Waals surface area contributed by atoms with Gasteiger partial charge in [-0.15, -0.1) is 11.6 Å². The van der Waals surface area contributed by atoms with Gasteiger partial charge in [-0.2, -0.15) is 0 Å². The Kier molecular flexibility index (Phi) is 3.32. The number of aromatic nitrogens is 3. The third-order valence-electron chi connectivity index (χ3n) is 3.23. The van der Waals surface area contributed by atoms with Crippen LogP contribution in [0.3, 0.4) is 0 Å². The largest absolute Gasteiger partial charge is 0.378 e. The van der Waals surface area contributed by atoms with Gasteiger partial charge in [0.25, 0.3) is 0 Å². The van der Waals surface area contributed by atoms with E-state index in [0.29, 0.717) is 5.88 Å². The van der Waals surface area contributed by atoms with Crippen LogP contribution in [0.2, 0.25) is 0 Å². The molecule has 1 aromatic carbocycles.